The molecule has 0 radical (unpaired) electrons. The summed E-state index contributed by atoms with van der Waals surface area (Å²) in [5.74, 6) is -0.0394. The molecule has 11 nitrogen and oxygen atoms in total. The Bertz CT molecular complexity index is 1360. The van der Waals surface area contributed by atoms with Crippen molar-refractivity contribution in [3.63, 3.8) is 0 Å². The molecule has 0 saturated carbocycles. The summed E-state index contributed by atoms with van der Waals surface area (Å²) in [5, 5.41) is 26.0. The van der Waals surface area contributed by atoms with Crippen molar-refractivity contribution in [2.75, 3.05) is 44.6 Å². The molecule has 2 aromatic carbocycles. The first-order valence-electron chi connectivity index (χ1n) is 13.7. The molecule has 12 heteroatoms. The Morgan fingerprint density at radius 3 is 2.52 bits per heavy atom. The van der Waals surface area contributed by atoms with E-state index >= 15 is 0 Å². The van der Waals surface area contributed by atoms with E-state index in [1.54, 1.807) is 6.07 Å². The van der Waals surface area contributed by atoms with E-state index in [4.69, 9.17) is 4.42 Å². The normalized spacial score (nSPS) is 16.0. The van der Waals surface area contributed by atoms with Crippen molar-refractivity contribution in [2.24, 2.45) is 5.92 Å². The highest BCUT2D eigenvalue weighted by Crippen LogP contribution is 2.25. The lowest BCUT2D eigenvalue weighted by atomic mass is 10.0. The number of aliphatic hydroxyl groups excluding tert-OH is 1. The van der Waals surface area contributed by atoms with Crippen LogP contribution in [0.2, 0.25) is 0 Å². The number of oxazole rings is 1. The highest BCUT2D eigenvalue weighted by atomic mass is 32.2. The number of rotatable bonds is 14. The van der Waals surface area contributed by atoms with Crippen LogP contribution in [0.5, 0.6) is 0 Å². The Balaban J connectivity index is 1.50. The molecule has 4 rings (SSSR count). The van der Waals surface area contributed by atoms with Gasteiger partial charge in [-0.25, -0.2) is 13.2 Å². The van der Waals surface area contributed by atoms with Crippen molar-refractivity contribution < 1.29 is 27.8 Å². The van der Waals surface area contributed by atoms with Gasteiger partial charge in [0, 0.05) is 32.2 Å². The maximum atomic E-state index is 13.8. The van der Waals surface area contributed by atoms with E-state index in [0.717, 1.165) is 25.2 Å². The van der Waals surface area contributed by atoms with Crippen LogP contribution in [0.4, 0.5) is 10.8 Å². The minimum Gasteiger partial charge on any atom is -0.465 e. The predicted molar refractivity (Wildman–Crippen MR) is 153 cm³/mol. The first-order valence-corrected chi connectivity index (χ1v) is 15.1. The minimum atomic E-state index is -4.05. The van der Waals surface area contributed by atoms with E-state index in [2.05, 4.69) is 20.5 Å². The van der Waals surface area contributed by atoms with Crippen molar-refractivity contribution in [2.45, 2.75) is 50.2 Å². The number of hydrogen-bond donors (Lipinski definition) is 4. The van der Waals surface area contributed by atoms with Gasteiger partial charge in [-0.1, -0.05) is 44.2 Å². The monoisotopic (exact) mass is 573 g/mol. The van der Waals surface area contributed by atoms with Crippen LogP contribution >= 0.6 is 0 Å². The van der Waals surface area contributed by atoms with Crippen molar-refractivity contribution in [3.8, 4) is 0 Å². The average Bonchev–Trinajstić information content (AvgIpc) is 3.57. The average molecular weight is 574 g/mol. The number of hydrogen-bond acceptors (Lipinski definition) is 8. The molecule has 0 aliphatic carbocycles. The summed E-state index contributed by atoms with van der Waals surface area (Å²) in [5.41, 5.74) is 1.69. The molecule has 1 aromatic heterocycles. The number of likely N-dealkylation sites (tertiary alicyclic amines) is 1. The van der Waals surface area contributed by atoms with Crippen molar-refractivity contribution in [3.05, 3.63) is 54.1 Å². The summed E-state index contributed by atoms with van der Waals surface area (Å²) in [7, 11) is -4.05. The van der Waals surface area contributed by atoms with Gasteiger partial charge in [-0.05, 0) is 56.0 Å². The van der Waals surface area contributed by atoms with Crippen molar-refractivity contribution >= 4 is 33.2 Å². The van der Waals surface area contributed by atoms with E-state index in [1.807, 2.05) is 44.2 Å². The predicted octanol–water partition coefficient (Wildman–Crippen LogP) is 3.22. The maximum absolute atomic E-state index is 13.8. The van der Waals surface area contributed by atoms with Gasteiger partial charge in [-0.15, -0.1) is 0 Å². The standard InChI is InChI=1S/C28H39N5O6S/c1-20(2)18-33(19-25(34)24(31-28(35)36)16-21-8-4-3-5-9-21)40(37,38)22-10-11-23-26(17-22)39-27(30-23)29-12-15-32-13-6-7-14-32/h3-5,8-11,17,20,24-25,31,34H,6-7,12-16,18-19H2,1-2H3,(H,29,30)(H,35,36). The van der Waals surface area contributed by atoms with Crippen LogP contribution < -0.4 is 10.6 Å². The molecule has 1 amide bonds. The smallest absolute Gasteiger partial charge is 0.404 e. The van der Waals surface area contributed by atoms with Crippen molar-refractivity contribution in [1.82, 2.24) is 19.5 Å². The van der Waals surface area contributed by atoms with Crippen LogP contribution in [0.1, 0.15) is 32.3 Å². The number of nitrogens with zero attached hydrogens (tertiary/aromatic N) is 3. The third-order valence-electron chi connectivity index (χ3n) is 6.93. The molecular formula is C28H39N5O6S. The second-order valence-corrected chi connectivity index (χ2v) is 12.6. The van der Waals surface area contributed by atoms with Gasteiger partial charge in [-0.2, -0.15) is 9.29 Å². The van der Waals surface area contributed by atoms with E-state index in [0.29, 0.717) is 23.7 Å². The number of anilines is 1. The number of sulfonamides is 1. The zero-order chi connectivity index (χ0) is 28.7. The quantitative estimate of drug-likeness (QED) is 0.228. The van der Waals surface area contributed by atoms with Gasteiger partial charge < -0.3 is 30.2 Å². The number of nitrogens with one attached hydrogen (secondary N) is 2. The van der Waals surface area contributed by atoms with Gasteiger partial charge in [0.25, 0.3) is 6.01 Å². The molecular weight excluding hydrogens is 534 g/mol. The molecule has 40 heavy (non-hydrogen) atoms. The van der Waals surface area contributed by atoms with Gasteiger partial charge in [0.2, 0.25) is 10.0 Å². The Labute approximate surface area is 235 Å². The summed E-state index contributed by atoms with van der Waals surface area (Å²) >= 11 is 0. The lowest BCUT2D eigenvalue weighted by Gasteiger charge is -2.30. The number of carbonyl (C=O) groups is 1. The maximum Gasteiger partial charge on any atom is 0.404 e. The fraction of sp³-hybridized carbons (Fsp3) is 0.500. The Morgan fingerprint density at radius 2 is 1.85 bits per heavy atom. The Hall–Kier alpha value is -3.19. The number of aromatic nitrogens is 1. The molecule has 0 spiro atoms. The molecule has 0 bridgehead atoms. The number of amides is 1. The zero-order valence-corrected chi connectivity index (χ0v) is 23.8. The zero-order valence-electron chi connectivity index (χ0n) is 23.0. The molecule has 2 atom stereocenters. The van der Waals surface area contributed by atoms with Crippen LogP contribution in [-0.2, 0) is 16.4 Å². The largest absolute Gasteiger partial charge is 0.465 e. The molecule has 1 saturated heterocycles. The first-order chi connectivity index (χ1) is 19.1. The number of carboxylic acid groups (broad SMARTS) is 1. The fourth-order valence-corrected chi connectivity index (χ4v) is 6.58. The van der Waals surface area contributed by atoms with E-state index in [1.165, 1.54) is 29.3 Å². The highest BCUT2D eigenvalue weighted by Gasteiger charge is 2.32. The van der Waals surface area contributed by atoms with Crippen LogP contribution in [-0.4, -0.2) is 90.3 Å². The Kier molecular flexibility index (Phi) is 10.0. The SMILES string of the molecule is CC(C)CN(CC(O)C(Cc1ccccc1)NC(=O)O)S(=O)(=O)c1ccc2nc(NCCN3CCCC3)oc2c1. The molecule has 1 aliphatic heterocycles. The Morgan fingerprint density at radius 1 is 1.12 bits per heavy atom. The third kappa shape index (κ3) is 7.94. The van der Waals surface area contributed by atoms with Gasteiger partial charge in [0.05, 0.1) is 17.0 Å². The summed E-state index contributed by atoms with van der Waals surface area (Å²) in [6, 6.07) is 13.1. The van der Waals surface area contributed by atoms with Gasteiger partial charge in [0.15, 0.2) is 5.58 Å². The van der Waals surface area contributed by atoms with Crippen LogP contribution in [0.3, 0.4) is 0 Å². The molecule has 2 unspecified atom stereocenters. The minimum absolute atomic E-state index is 0.0124. The number of aliphatic hydroxyl groups is 1. The van der Waals surface area contributed by atoms with E-state index < -0.39 is 28.3 Å². The topological polar surface area (TPSA) is 148 Å². The summed E-state index contributed by atoms with van der Waals surface area (Å²) < 4.78 is 34.6. The molecule has 1 fully saturated rings. The second kappa shape index (κ2) is 13.4. The molecule has 4 N–H and O–H groups in total. The first kappa shape index (κ1) is 29.8. The molecule has 2 heterocycles. The molecule has 1 aliphatic rings. The summed E-state index contributed by atoms with van der Waals surface area (Å²) in [6.45, 7) is 7.36. The molecule has 3 aromatic rings. The number of benzene rings is 2. The van der Waals surface area contributed by atoms with E-state index in [-0.39, 0.29) is 30.3 Å². The van der Waals surface area contributed by atoms with Gasteiger partial charge in [0.1, 0.15) is 5.52 Å². The number of fused-ring (bicyclic) bond motifs is 1. The summed E-state index contributed by atoms with van der Waals surface area (Å²) in [6.07, 6.45) is 0.0643. The van der Waals surface area contributed by atoms with Gasteiger partial charge >= 0.3 is 6.09 Å². The lowest BCUT2D eigenvalue weighted by molar-refractivity contribution is 0.0980. The van der Waals surface area contributed by atoms with Crippen LogP contribution in [0.15, 0.2) is 57.8 Å². The summed E-state index contributed by atoms with van der Waals surface area (Å²) in [4.78, 5) is 18.3. The van der Waals surface area contributed by atoms with Crippen LogP contribution in [0, 0.1) is 5.92 Å². The second-order valence-electron chi connectivity index (χ2n) is 10.7. The molecule has 218 valence electrons. The van der Waals surface area contributed by atoms with E-state index in [9.17, 15) is 23.4 Å². The van der Waals surface area contributed by atoms with Crippen LogP contribution in [0.25, 0.3) is 11.1 Å². The van der Waals surface area contributed by atoms with Gasteiger partial charge in [-0.3, -0.25) is 0 Å². The highest BCUT2D eigenvalue weighted by molar-refractivity contribution is 7.89. The van der Waals surface area contributed by atoms with Crippen molar-refractivity contribution in [1.29, 1.82) is 0 Å². The third-order valence-corrected chi connectivity index (χ3v) is 8.76. The lowest BCUT2D eigenvalue weighted by Crippen LogP contribution is -2.50. The fourth-order valence-electron chi connectivity index (χ4n) is 4.94.